The van der Waals surface area contributed by atoms with Crippen molar-refractivity contribution in [1.29, 1.82) is 0 Å². The predicted molar refractivity (Wildman–Crippen MR) is 181 cm³/mol. The summed E-state index contributed by atoms with van der Waals surface area (Å²) in [5, 5.41) is 2.98. The molecule has 0 radical (unpaired) electrons. The second kappa shape index (κ2) is 15.0. The summed E-state index contributed by atoms with van der Waals surface area (Å²) < 4.78 is 29.7. The maximum atomic E-state index is 14.6. The topological polar surface area (TPSA) is 86.8 Å². The van der Waals surface area contributed by atoms with E-state index in [9.17, 15) is 18.0 Å². The normalized spacial score (nSPS) is 11.9. The highest BCUT2D eigenvalue weighted by atomic mass is 32.2. The number of hydrogen-bond donors (Lipinski definition) is 1. The molecule has 0 saturated heterocycles. The summed E-state index contributed by atoms with van der Waals surface area (Å²) in [7, 11) is -4.15. The fourth-order valence-electron chi connectivity index (χ4n) is 5.15. The Morgan fingerprint density at radius 2 is 1.36 bits per heavy atom. The average Bonchev–Trinajstić information content (AvgIpc) is 3.03. The first-order valence-corrected chi connectivity index (χ1v) is 16.8. The number of nitrogens with one attached hydrogen (secondary N) is 1. The number of nitrogens with zero attached hydrogens (tertiary/aromatic N) is 2. The molecule has 0 aliphatic rings. The molecule has 0 saturated carbocycles. The van der Waals surface area contributed by atoms with Gasteiger partial charge in [0.25, 0.3) is 10.0 Å². The van der Waals surface area contributed by atoms with Gasteiger partial charge in [0.15, 0.2) is 0 Å². The molecule has 0 spiro atoms. The van der Waals surface area contributed by atoms with Crippen LogP contribution in [-0.4, -0.2) is 44.3 Å². The van der Waals surface area contributed by atoms with E-state index in [4.69, 9.17) is 0 Å². The molecule has 0 unspecified atom stereocenters. The standard InChI is InChI=1S/C37H43N3O4S/c1-6-22-38-37(42)35(24-31-10-8-7-9-11-31)39(25-32-18-13-27(2)14-19-32)36(41)26-40(34-23-29(4)12-17-30(34)5)45(43,44)33-20-15-28(3)16-21-33/h7-21,23,35H,6,22,24-26H2,1-5H3,(H,38,42)/t35-/m0/s1. The van der Waals surface area contributed by atoms with E-state index in [0.29, 0.717) is 12.2 Å². The van der Waals surface area contributed by atoms with Crippen LogP contribution >= 0.6 is 0 Å². The van der Waals surface area contributed by atoms with Gasteiger partial charge < -0.3 is 10.2 Å². The van der Waals surface area contributed by atoms with Gasteiger partial charge in [0, 0.05) is 19.5 Å². The number of sulfonamides is 1. The van der Waals surface area contributed by atoms with Crippen molar-refractivity contribution in [2.45, 2.75) is 64.9 Å². The van der Waals surface area contributed by atoms with Crippen molar-refractivity contribution in [3.63, 3.8) is 0 Å². The molecule has 236 valence electrons. The van der Waals surface area contributed by atoms with Gasteiger partial charge in [0.05, 0.1) is 10.6 Å². The SMILES string of the molecule is CCCNC(=O)[C@H](Cc1ccccc1)N(Cc1ccc(C)cc1)C(=O)CN(c1cc(C)ccc1C)S(=O)(=O)c1ccc(C)cc1. The Morgan fingerprint density at radius 1 is 0.756 bits per heavy atom. The summed E-state index contributed by atoms with van der Waals surface area (Å²) in [6, 6.07) is 28.7. The number of rotatable bonds is 13. The summed E-state index contributed by atoms with van der Waals surface area (Å²) >= 11 is 0. The Morgan fingerprint density at radius 3 is 1.98 bits per heavy atom. The minimum atomic E-state index is -4.15. The Labute approximate surface area is 268 Å². The number of amides is 2. The Bertz CT molecular complexity index is 1700. The van der Waals surface area contributed by atoms with Gasteiger partial charge in [-0.3, -0.25) is 13.9 Å². The second-order valence-corrected chi connectivity index (χ2v) is 13.5. The highest BCUT2D eigenvalue weighted by Crippen LogP contribution is 2.29. The molecule has 1 atom stereocenters. The van der Waals surface area contributed by atoms with Gasteiger partial charge in [0.1, 0.15) is 12.6 Å². The van der Waals surface area contributed by atoms with Crippen LogP contribution in [0.15, 0.2) is 102 Å². The van der Waals surface area contributed by atoms with Crippen LogP contribution in [0.4, 0.5) is 5.69 Å². The van der Waals surface area contributed by atoms with Crippen LogP contribution < -0.4 is 9.62 Å². The lowest BCUT2D eigenvalue weighted by atomic mass is 10.0. The first kappa shape index (κ1) is 33.5. The number of anilines is 1. The minimum Gasteiger partial charge on any atom is -0.354 e. The van der Waals surface area contributed by atoms with Crippen LogP contribution in [0.2, 0.25) is 0 Å². The van der Waals surface area contributed by atoms with Crippen LogP contribution in [0.5, 0.6) is 0 Å². The van der Waals surface area contributed by atoms with Crippen LogP contribution in [0.25, 0.3) is 0 Å². The van der Waals surface area contributed by atoms with Crippen molar-refractivity contribution >= 4 is 27.5 Å². The third-order valence-electron chi connectivity index (χ3n) is 7.82. The third kappa shape index (κ3) is 8.60. The molecule has 2 amide bonds. The number of aryl methyl sites for hydroxylation is 4. The second-order valence-electron chi connectivity index (χ2n) is 11.6. The molecule has 4 aromatic rings. The summed E-state index contributed by atoms with van der Waals surface area (Å²) in [5.41, 5.74) is 5.75. The van der Waals surface area contributed by atoms with Gasteiger partial charge in [-0.1, -0.05) is 96.9 Å². The molecular formula is C37H43N3O4S. The molecule has 7 nitrogen and oxygen atoms in total. The average molecular weight is 626 g/mol. The molecule has 45 heavy (non-hydrogen) atoms. The largest absolute Gasteiger partial charge is 0.354 e. The number of carbonyl (C=O) groups excluding carboxylic acids is 2. The van der Waals surface area contributed by atoms with E-state index < -0.39 is 28.5 Å². The lowest BCUT2D eigenvalue weighted by Crippen LogP contribution is -2.53. The molecule has 1 N–H and O–H groups in total. The van der Waals surface area contributed by atoms with Crippen molar-refractivity contribution in [3.05, 3.63) is 130 Å². The summed E-state index contributed by atoms with van der Waals surface area (Å²) in [4.78, 5) is 30.0. The Balaban J connectivity index is 1.82. The van der Waals surface area contributed by atoms with E-state index in [1.54, 1.807) is 30.3 Å². The van der Waals surface area contributed by atoms with Gasteiger partial charge >= 0.3 is 0 Å². The lowest BCUT2D eigenvalue weighted by Gasteiger charge is -2.34. The molecular weight excluding hydrogens is 582 g/mol. The number of benzene rings is 4. The van der Waals surface area contributed by atoms with Gasteiger partial charge in [-0.2, -0.15) is 0 Å². The number of carbonyl (C=O) groups is 2. The highest BCUT2D eigenvalue weighted by Gasteiger charge is 2.35. The zero-order valence-electron chi connectivity index (χ0n) is 26.8. The van der Waals surface area contributed by atoms with Gasteiger partial charge in [-0.25, -0.2) is 8.42 Å². The monoisotopic (exact) mass is 625 g/mol. The van der Waals surface area contributed by atoms with Crippen LogP contribution in [0, 0.1) is 27.7 Å². The van der Waals surface area contributed by atoms with E-state index >= 15 is 0 Å². The Kier molecular flexibility index (Phi) is 11.2. The van der Waals surface area contributed by atoms with Gasteiger partial charge in [-0.05, 0) is 74.6 Å². The van der Waals surface area contributed by atoms with E-state index in [1.807, 2.05) is 101 Å². The van der Waals surface area contributed by atoms with Gasteiger partial charge in [0.2, 0.25) is 11.8 Å². The molecule has 8 heteroatoms. The van der Waals surface area contributed by atoms with Crippen molar-refractivity contribution in [1.82, 2.24) is 10.2 Å². The molecule has 0 bridgehead atoms. The predicted octanol–water partition coefficient (Wildman–Crippen LogP) is 6.28. The minimum absolute atomic E-state index is 0.0911. The third-order valence-corrected chi connectivity index (χ3v) is 9.59. The first-order chi connectivity index (χ1) is 21.5. The zero-order valence-corrected chi connectivity index (χ0v) is 27.6. The van der Waals surface area contributed by atoms with Gasteiger partial charge in [-0.15, -0.1) is 0 Å². The highest BCUT2D eigenvalue weighted by molar-refractivity contribution is 7.92. The number of hydrogen-bond acceptors (Lipinski definition) is 4. The van der Waals surface area contributed by atoms with Crippen molar-refractivity contribution in [2.75, 3.05) is 17.4 Å². The van der Waals surface area contributed by atoms with Crippen LogP contribution in [-0.2, 0) is 32.6 Å². The van der Waals surface area contributed by atoms with E-state index in [0.717, 1.165) is 39.8 Å². The van der Waals surface area contributed by atoms with Crippen LogP contribution in [0.3, 0.4) is 0 Å². The molecule has 4 rings (SSSR count). The van der Waals surface area contributed by atoms with Crippen molar-refractivity contribution < 1.29 is 18.0 Å². The maximum absolute atomic E-state index is 14.6. The van der Waals surface area contributed by atoms with Crippen molar-refractivity contribution in [2.24, 2.45) is 0 Å². The quantitative estimate of drug-likeness (QED) is 0.190. The molecule has 0 heterocycles. The lowest BCUT2D eigenvalue weighted by molar-refractivity contribution is -0.140. The summed E-state index contributed by atoms with van der Waals surface area (Å²) in [6.45, 7) is 9.70. The molecule has 4 aromatic carbocycles. The maximum Gasteiger partial charge on any atom is 0.264 e. The zero-order chi connectivity index (χ0) is 32.6. The van der Waals surface area contributed by atoms with E-state index in [1.165, 1.54) is 9.21 Å². The fraction of sp³-hybridized carbons (Fsp3) is 0.297. The fourth-order valence-corrected chi connectivity index (χ4v) is 6.62. The first-order valence-electron chi connectivity index (χ1n) is 15.3. The Hall–Kier alpha value is -4.43. The molecule has 0 aromatic heterocycles. The molecule has 0 aliphatic carbocycles. The smallest absolute Gasteiger partial charge is 0.264 e. The van der Waals surface area contributed by atoms with Crippen molar-refractivity contribution in [3.8, 4) is 0 Å². The van der Waals surface area contributed by atoms with E-state index in [-0.39, 0.29) is 23.8 Å². The summed E-state index contributed by atoms with van der Waals surface area (Å²) in [5.74, 6) is -0.749. The van der Waals surface area contributed by atoms with E-state index in [2.05, 4.69) is 5.32 Å². The summed E-state index contributed by atoms with van der Waals surface area (Å²) in [6.07, 6.45) is 1.02. The van der Waals surface area contributed by atoms with Crippen LogP contribution in [0.1, 0.15) is 46.7 Å². The molecule has 0 fully saturated rings. The molecule has 0 aliphatic heterocycles.